The van der Waals surface area contributed by atoms with Gasteiger partial charge in [0.15, 0.2) is 5.58 Å². The molecule has 1 aliphatic rings. The van der Waals surface area contributed by atoms with Crippen LogP contribution in [0.15, 0.2) is 144 Å². The molecular formula is C40H27N5O. The number of hydrogen-bond acceptors (Lipinski definition) is 4. The summed E-state index contributed by atoms with van der Waals surface area (Å²) in [6, 6.07) is 49.6. The summed E-state index contributed by atoms with van der Waals surface area (Å²) in [5, 5.41) is 27.3. The van der Waals surface area contributed by atoms with Crippen LogP contribution >= 0.6 is 0 Å². The molecule has 1 fully saturated rings. The standard InChI is InChI=1S/C40H27N5O/c41-24-27-11-8-12-29(23-27)39(42)45-40(43(45)25-26-9-2-1-3-10-26)28-17-19-30(20-18-28)44-35-15-6-4-13-31(35)33-21-22-34-32-14-5-7-16-36(32)46-38(34)37(33)44/h1-23,40,42H,25H2. The van der Waals surface area contributed by atoms with E-state index >= 15 is 0 Å². The summed E-state index contributed by atoms with van der Waals surface area (Å²) < 4.78 is 8.83. The predicted molar refractivity (Wildman–Crippen MR) is 183 cm³/mol. The number of hydrazine groups is 1. The highest BCUT2D eigenvalue weighted by atomic mass is 16.3. The van der Waals surface area contributed by atoms with Crippen molar-refractivity contribution in [2.75, 3.05) is 0 Å². The highest BCUT2D eigenvalue weighted by Gasteiger charge is 2.48. The van der Waals surface area contributed by atoms with Crippen molar-refractivity contribution in [1.82, 2.24) is 14.6 Å². The lowest BCUT2D eigenvalue weighted by atomic mass is 10.1. The van der Waals surface area contributed by atoms with Crippen LogP contribution < -0.4 is 0 Å². The quantitative estimate of drug-likeness (QED) is 0.123. The SMILES string of the molecule is N#Cc1cccc(C(=N)N2C(c3ccc(-n4c5ccccc5c5ccc6c7ccccc7oc6c54)cc3)N2Cc2ccccc2)c1. The van der Waals surface area contributed by atoms with Crippen LogP contribution in [0.4, 0.5) is 0 Å². The second kappa shape index (κ2) is 10.2. The summed E-state index contributed by atoms with van der Waals surface area (Å²) >= 11 is 0. The lowest BCUT2D eigenvalue weighted by molar-refractivity contribution is 0.391. The number of aromatic nitrogens is 1. The van der Waals surface area contributed by atoms with Crippen molar-refractivity contribution >= 4 is 49.6 Å². The van der Waals surface area contributed by atoms with E-state index in [9.17, 15) is 5.26 Å². The van der Waals surface area contributed by atoms with Crippen LogP contribution in [0, 0.1) is 16.7 Å². The van der Waals surface area contributed by atoms with Gasteiger partial charge in [-0.25, -0.2) is 0 Å². The van der Waals surface area contributed by atoms with Crippen molar-refractivity contribution in [2.45, 2.75) is 12.7 Å². The first-order valence-corrected chi connectivity index (χ1v) is 15.3. The Hall–Kier alpha value is -6.16. The molecule has 2 aromatic heterocycles. The minimum atomic E-state index is -0.104. The summed E-state index contributed by atoms with van der Waals surface area (Å²) in [5.74, 6) is 0.372. The van der Waals surface area contributed by atoms with Crippen molar-refractivity contribution in [3.05, 3.63) is 162 Å². The first-order valence-electron chi connectivity index (χ1n) is 15.3. The highest BCUT2D eigenvalue weighted by Crippen LogP contribution is 2.45. The van der Waals surface area contributed by atoms with E-state index in [4.69, 9.17) is 9.83 Å². The van der Waals surface area contributed by atoms with Gasteiger partial charge in [0, 0.05) is 39.3 Å². The molecule has 0 radical (unpaired) electrons. The Morgan fingerprint density at radius 2 is 1.46 bits per heavy atom. The van der Waals surface area contributed by atoms with E-state index in [2.05, 4.69) is 101 Å². The van der Waals surface area contributed by atoms with Gasteiger partial charge in [-0.1, -0.05) is 97.1 Å². The Morgan fingerprint density at radius 1 is 0.717 bits per heavy atom. The molecule has 0 bridgehead atoms. The molecule has 1 N–H and O–H groups in total. The maximum absolute atomic E-state index is 9.45. The summed E-state index contributed by atoms with van der Waals surface area (Å²) in [7, 11) is 0. The van der Waals surface area contributed by atoms with Gasteiger partial charge in [0.1, 0.15) is 17.6 Å². The second-order valence-corrected chi connectivity index (χ2v) is 11.7. The monoisotopic (exact) mass is 593 g/mol. The van der Waals surface area contributed by atoms with Gasteiger partial charge in [0.05, 0.1) is 22.7 Å². The molecule has 0 saturated carbocycles. The lowest BCUT2D eigenvalue weighted by Crippen LogP contribution is -2.16. The molecule has 2 atom stereocenters. The first-order chi connectivity index (χ1) is 22.7. The molecule has 9 rings (SSSR count). The largest absolute Gasteiger partial charge is 0.454 e. The van der Waals surface area contributed by atoms with Gasteiger partial charge in [-0.15, -0.1) is 0 Å². The number of nitrogens with zero attached hydrogens (tertiary/aromatic N) is 4. The normalized spacial score (nSPS) is 15.9. The fourth-order valence-corrected chi connectivity index (χ4v) is 6.87. The van der Waals surface area contributed by atoms with E-state index in [-0.39, 0.29) is 6.17 Å². The zero-order valence-corrected chi connectivity index (χ0v) is 24.8. The zero-order valence-electron chi connectivity index (χ0n) is 24.8. The molecule has 0 amide bonds. The van der Waals surface area contributed by atoms with E-state index in [0.29, 0.717) is 17.9 Å². The molecule has 0 spiro atoms. The molecule has 6 heteroatoms. The van der Waals surface area contributed by atoms with Crippen LogP contribution in [0.5, 0.6) is 0 Å². The average Bonchev–Trinajstić information content (AvgIpc) is 3.52. The first kappa shape index (κ1) is 26.3. The van der Waals surface area contributed by atoms with E-state index in [1.807, 2.05) is 47.5 Å². The number of nitrogens with one attached hydrogen (secondary N) is 1. The number of fused-ring (bicyclic) bond motifs is 7. The minimum Gasteiger partial charge on any atom is -0.454 e. The van der Waals surface area contributed by atoms with E-state index in [1.165, 1.54) is 10.9 Å². The number of nitriles is 1. The topological polar surface area (TPSA) is 71.7 Å². The van der Waals surface area contributed by atoms with Crippen molar-refractivity contribution < 1.29 is 4.42 Å². The third-order valence-electron chi connectivity index (χ3n) is 9.05. The molecule has 8 aromatic rings. The maximum atomic E-state index is 9.45. The zero-order chi connectivity index (χ0) is 30.8. The Bertz CT molecular complexity index is 2500. The molecule has 218 valence electrons. The molecule has 6 nitrogen and oxygen atoms in total. The van der Waals surface area contributed by atoms with Gasteiger partial charge in [0.2, 0.25) is 0 Å². The summed E-state index contributed by atoms with van der Waals surface area (Å²) in [5.41, 5.74) is 8.52. The van der Waals surface area contributed by atoms with Gasteiger partial charge < -0.3 is 8.98 Å². The molecule has 3 heterocycles. The van der Waals surface area contributed by atoms with Gasteiger partial charge >= 0.3 is 0 Å². The number of amidine groups is 1. The van der Waals surface area contributed by atoms with Crippen molar-refractivity contribution in [2.24, 2.45) is 0 Å². The molecule has 46 heavy (non-hydrogen) atoms. The minimum absolute atomic E-state index is 0.104. The fourth-order valence-electron chi connectivity index (χ4n) is 6.87. The summed E-state index contributed by atoms with van der Waals surface area (Å²) in [6.45, 7) is 0.671. The number of hydrogen-bond donors (Lipinski definition) is 1. The summed E-state index contributed by atoms with van der Waals surface area (Å²) in [4.78, 5) is 0. The second-order valence-electron chi connectivity index (χ2n) is 11.7. The van der Waals surface area contributed by atoms with Crippen molar-refractivity contribution in [1.29, 1.82) is 10.7 Å². The van der Waals surface area contributed by atoms with Crippen molar-refractivity contribution in [3.63, 3.8) is 0 Å². The van der Waals surface area contributed by atoms with Gasteiger partial charge in [-0.3, -0.25) is 10.4 Å². The molecular weight excluding hydrogens is 566 g/mol. The molecule has 1 saturated heterocycles. The highest BCUT2D eigenvalue weighted by molar-refractivity contribution is 6.21. The van der Waals surface area contributed by atoms with E-state index < -0.39 is 0 Å². The molecule has 1 aliphatic heterocycles. The molecule has 0 aliphatic carbocycles. The number of furan rings is 1. The van der Waals surface area contributed by atoms with Gasteiger partial charge in [-0.2, -0.15) is 10.3 Å². The molecule has 2 unspecified atom stereocenters. The maximum Gasteiger partial charge on any atom is 0.160 e. The van der Waals surface area contributed by atoms with Crippen molar-refractivity contribution in [3.8, 4) is 11.8 Å². The van der Waals surface area contributed by atoms with Crippen LogP contribution in [0.25, 0.3) is 49.4 Å². The fraction of sp³-hybridized carbons (Fsp3) is 0.0500. The Kier molecular flexibility index (Phi) is 5.82. The van der Waals surface area contributed by atoms with Crippen LogP contribution in [0.3, 0.4) is 0 Å². The Morgan fingerprint density at radius 3 is 2.28 bits per heavy atom. The number of benzene rings is 6. The Balaban J connectivity index is 1.15. The van der Waals surface area contributed by atoms with Gasteiger partial charge in [0.25, 0.3) is 0 Å². The predicted octanol–water partition coefficient (Wildman–Crippen LogP) is 9.31. The lowest BCUT2D eigenvalue weighted by Gasteiger charge is -2.10. The number of rotatable bonds is 5. The van der Waals surface area contributed by atoms with E-state index in [0.717, 1.165) is 55.2 Å². The third-order valence-corrected chi connectivity index (χ3v) is 9.05. The van der Waals surface area contributed by atoms with Crippen LogP contribution in [-0.2, 0) is 6.54 Å². The number of para-hydroxylation sites is 2. The third kappa shape index (κ3) is 4.03. The van der Waals surface area contributed by atoms with Gasteiger partial charge in [-0.05, 0) is 53.6 Å². The Labute approximate surface area is 265 Å². The van der Waals surface area contributed by atoms with E-state index in [1.54, 1.807) is 12.1 Å². The average molecular weight is 594 g/mol. The molecule has 6 aromatic carbocycles. The van der Waals surface area contributed by atoms with Crippen LogP contribution in [0.1, 0.15) is 28.4 Å². The van der Waals surface area contributed by atoms with Crippen LogP contribution in [-0.4, -0.2) is 20.4 Å². The van der Waals surface area contributed by atoms with Crippen LogP contribution in [0.2, 0.25) is 0 Å². The smallest absolute Gasteiger partial charge is 0.160 e. The summed E-state index contributed by atoms with van der Waals surface area (Å²) in [6.07, 6.45) is -0.104.